The van der Waals surface area contributed by atoms with Crippen molar-refractivity contribution in [1.29, 1.82) is 0 Å². The minimum atomic E-state index is -0.0410. The van der Waals surface area contributed by atoms with E-state index in [1.165, 1.54) is 0 Å². The number of ketones is 2. The normalized spacial score (nSPS) is 10.8. The van der Waals surface area contributed by atoms with Crippen LogP contribution in [0, 0.1) is 0 Å². The zero-order valence-corrected chi connectivity index (χ0v) is 18.8. The first-order valence-corrected chi connectivity index (χ1v) is 10.5. The zero-order valence-electron chi connectivity index (χ0n) is 18.8. The average molecular weight is 423 g/mol. The number of nitrogens with zero attached hydrogens (tertiary/aromatic N) is 2. The van der Waals surface area contributed by atoms with E-state index in [2.05, 4.69) is 0 Å². The number of anilines is 2. The minimum Gasteiger partial charge on any atom is -0.376 e. The summed E-state index contributed by atoms with van der Waals surface area (Å²) >= 11 is 0. The zero-order chi connectivity index (χ0) is 22.8. The third kappa shape index (κ3) is 3.76. The molecule has 0 radical (unpaired) electrons. The van der Waals surface area contributed by atoms with Gasteiger partial charge in [0.25, 0.3) is 0 Å². The van der Waals surface area contributed by atoms with Gasteiger partial charge in [0.05, 0.1) is 11.4 Å². The molecule has 0 fully saturated rings. The van der Waals surface area contributed by atoms with Gasteiger partial charge in [-0.2, -0.15) is 0 Å². The average Bonchev–Trinajstić information content (AvgIpc) is 2.82. The Labute approximate surface area is 188 Å². The maximum absolute atomic E-state index is 13.4. The van der Waals surface area contributed by atoms with Crippen LogP contribution >= 0.6 is 0 Å². The molecule has 0 aliphatic rings. The molecule has 0 aliphatic carbocycles. The van der Waals surface area contributed by atoms with E-state index in [0.29, 0.717) is 22.3 Å². The Morgan fingerprint density at radius 1 is 0.531 bits per heavy atom. The van der Waals surface area contributed by atoms with Crippen LogP contribution in [0.15, 0.2) is 84.9 Å². The van der Waals surface area contributed by atoms with Gasteiger partial charge in [-0.25, -0.2) is 0 Å². The Morgan fingerprint density at radius 2 is 0.906 bits per heavy atom. The summed E-state index contributed by atoms with van der Waals surface area (Å²) in [5, 5.41) is 1.87. The molecule has 0 aliphatic heterocycles. The number of rotatable bonds is 6. The SMILES string of the molecule is CN(C)c1c(C(=O)c2ccccc2)ccc2ccc(C(=O)c3ccccc3)c(N(C)C)c12. The molecule has 4 nitrogen and oxygen atoms in total. The molecule has 0 N–H and O–H groups in total. The molecule has 4 aromatic carbocycles. The van der Waals surface area contributed by atoms with E-state index in [-0.39, 0.29) is 11.6 Å². The fourth-order valence-corrected chi connectivity index (χ4v) is 4.17. The highest BCUT2D eigenvalue weighted by Crippen LogP contribution is 2.40. The smallest absolute Gasteiger partial charge is 0.195 e. The van der Waals surface area contributed by atoms with Gasteiger partial charge in [0.1, 0.15) is 0 Å². The molecule has 0 atom stereocenters. The second-order valence-electron chi connectivity index (χ2n) is 8.20. The molecule has 0 amide bonds. The molecule has 0 bridgehead atoms. The molecule has 0 aromatic heterocycles. The molecule has 4 aromatic rings. The van der Waals surface area contributed by atoms with Crippen molar-refractivity contribution in [2.24, 2.45) is 0 Å². The fraction of sp³-hybridized carbons (Fsp3) is 0.143. The van der Waals surface area contributed by atoms with Crippen LogP contribution in [-0.4, -0.2) is 39.8 Å². The summed E-state index contributed by atoms with van der Waals surface area (Å²) in [5.41, 5.74) is 4.11. The van der Waals surface area contributed by atoms with Crippen LogP contribution in [0.5, 0.6) is 0 Å². The Morgan fingerprint density at radius 3 is 1.25 bits per heavy atom. The van der Waals surface area contributed by atoms with Crippen molar-refractivity contribution in [3.8, 4) is 0 Å². The highest BCUT2D eigenvalue weighted by atomic mass is 16.1. The van der Waals surface area contributed by atoms with Gasteiger partial charge in [0, 0.05) is 55.8 Å². The minimum absolute atomic E-state index is 0.0410. The summed E-state index contributed by atoms with van der Waals surface area (Å²) < 4.78 is 0. The van der Waals surface area contributed by atoms with E-state index >= 15 is 0 Å². The molecule has 160 valence electrons. The number of hydrogen-bond acceptors (Lipinski definition) is 4. The first kappa shape index (κ1) is 21.3. The van der Waals surface area contributed by atoms with Gasteiger partial charge in [-0.15, -0.1) is 0 Å². The van der Waals surface area contributed by atoms with Crippen molar-refractivity contribution in [2.45, 2.75) is 0 Å². The maximum Gasteiger partial charge on any atom is 0.195 e. The van der Waals surface area contributed by atoms with Crippen LogP contribution in [0.1, 0.15) is 31.8 Å². The van der Waals surface area contributed by atoms with E-state index in [1.807, 2.05) is 123 Å². The van der Waals surface area contributed by atoms with Gasteiger partial charge < -0.3 is 9.80 Å². The first-order valence-electron chi connectivity index (χ1n) is 10.5. The quantitative estimate of drug-likeness (QED) is 0.388. The van der Waals surface area contributed by atoms with Crippen LogP contribution in [0.4, 0.5) is 11.4 Å². The molecule has 4 rings (SSSR count). The van der Waals surface area contributed by atoms with E-state index in [9.17, 15) is 9.59 Å². The second-order valence-corrected chi connectivity index (χ2v) is 8.20. The summed E-state index contributed by atoms with van der Waals surface area (Å²) in [5.74, 6) is -0.0820. The van der Waals surface area contributed by atoms with Crippen molar-refractivity contribution in [3.05, 3.63) is 107 Å². The van der Waals surface area contributed by atoms with Crippen LogP contribution in [0.25, 0.3) is 10.8 Å². The maximum atomic E-state index is 13.4. The van der Waals surface area contributed by atoms with Gasteiger partial charge in [-0.1, -0.05) is 72.8 Å². The van der Waals surface area contributed by atoms with E-state index in [1.54, 1.807) is 0 Å². The predicted octanol–water partition coefficient (Wildman–Crippen LogP) is 5.43. The van der Waals surface area contributed by atoms with Crippen molar-refractivity contribution >= 4 is 33.7 Å². The third-order valence-corrected chi connectivity index (χ3v) is 5.59. The van der Waals surface area contributed by atoms with Crippen molar-refractivity contribution < 1.29 is 9.59 Å². The Hall–Kier alpha value is -3.92. The highest BCUT2D eigenvalue weighted by molar-refractivity contribution is 6.22. The van der Waals surface area contributed by atoms with E-state index in [4.69, 9.17) is 0 Å². The van der Waals surface area contributed by atoms with Crippen LogP contribution in [0.2, 0.25) is 0 Å². The molecule has 0 saturated carbocycles. The topological polar surface area (TPSA) is 40.6 Å². The summed E-state index contributed by atoms with van der Waals surface area (Å²) in [4.78, 5) is 30.8. The van der Waals surface area contributed by atoms with Gasteiger partial charge >= 0.3 is 0 Å². The van der Waals surface area contributed by atoms with Gasteiger partial charge in [0.2, 0.25) is 0 Å². The number of hydrogen-bond donors (Lipinski definition) is 0. The van der Waals surface area contributed by atoms with E-state index in [0.717, 1.165) is 22.1 Å². The van der Waals surface area contributed by atoms with Gasteiger partial charge in [-0.05, 0) is 17.5 Å². The summed E-state index contributed by atoms with van der Waals surface area (Å²) in [6.07, 6.45) is 0. The van der Waals surface area contributed by atoms with Crippen LogP contribution in [0.3, 0.4) is 0 Å². The largest absolute Gasteiger partial charge is 0.376 e. The lowest BCUT2D eigenvalue weighted by molar-refractivity contribution is 0.103. The molecule has 0 unspecified atom stereocenters. The Bertz CT molecular complexity index is 1200. The van der Waals surface area contributed by atoms with Crippen LogP contribution < -0.4 is 9.80 Å². The Balaban J connectivity index is 2.02. The van der Waals surface area contributed by atoms with Crippen molar-refractivity contribution in [2.75, 3.05) is 38.0 Å². The molecular weight excluding hydrogens is 396 g/mol. The molecular formula is C28H26N2O2. The summed E-state index contributed by atoms with van der Waals surface area (Å²) in [7, 11) is 7.73. The molecule has 32 heavy (non-hydrogen) atoms. The fourth-order valence-electron chi connectivity index (χ4n) is 4.17. The molecule has 0 saturated heterocycles. The number of benzene rings is 4. The highest BCUT2D eigenvalue weighted by Gasteiger charge is 2.24. The monoisotopic (exact) mass is 422 g/mol. The van der Waals surface area contributed by atoms with E-state index < -0.39 is 0 Å². The van der Waals surface area contributed by atoms with Gasteiger partial charge in [-0.3, -0.25) is 9.59 Å². The van der Waals surface area contributed by atoms with Crippen molar-refractivity contribution in [3.63, 3.8) is 0 Å². The lowest BCUT2D eigenvalue weighted by Crippen LogP contribution is -2.19. The number of carbonyl (C=O) groups is 2. The summed E-state index contributed by atoms with van der Waals surface area (Å²) in [6, 6.07) is 26.3. The molecule has 0 spiro atoms. The Kier molecular flexibility index (Phi) is 5.78. The number of fused-ring (bicyclic) bond motifs is 1. The molecule has 0 heterocycles. The van der Waals surface area contributed by atoms with Crippen LogP contribution in [-0.2, 0) is 0 Å². The first-order chi connectivity index (χ1) is 15.4. The summed E-state index contributed by atoms with van der Waals surface area (Å²) in [6.45, 7) is 0. The molecule has 4 heteroatoms. The lowest BCUT2D eigenvalue weighted by atomic mass is 9.92. The predicted molar refractivity (Wildman–Crippen MR) is 132 cm³/mol. The van der Waals surface area contributed by atoms with Gasteiger partial charge in [0.15, 0.2) is 11.6 Å². The second kappa shape index (κ2) is 8.67. The third-order valence-electron chi connectivity index (χ3n) is 5.59. The lowest BCUT2D eigenvalue weighted by Gasteiger charge is -2.26. The standard InChI is InChI=1S/C28H26N2O2/c1-29(2)25-22(27(31)20-11-7-5-8-12-20)17-15-19-16-18-23(26(24(19)25)30(3)4)28(32)21-13-9-6-10-14-21/h5-18H,1-4H3. The van der Waals surface area contributed by atoms with Crippen molar-refractivity contribution in [1.82, 2.24) is 0 Å². The number of carbonyl (C=O) groups excluding carboxylic acids is 2.